The maximum absolute atomic E-state index is 11.9. The van der Waals surface area contributed by atoms with E-state index in [2.05, 4.69) is 30.1 Å². The Morgan fingerprint density at radius 3 is 2.65 bits per heavy atom. The van der Waals surface area contributed by atoms with Gasteiger partial charge in [-0.2, -0.15) is 4.98 Å². The van der Waals surface area contributed by atoms with Crippen LogP contribution in [0, 0.1) is 0 Å². The van der Waals surface area contributed by atoms with Crippen LogP contribution in [-0.2, 0) is 4.79 Å². The van der Waals surface area contributed by atoms with E-state index in [1.165, 1.54) is 0 Å². The van der Waals surface area contributed by atoms with Gasteiger partial charge in [0.1, 0.15) is 5.82 Å². The lowest BCUT2D eigenvalue weighted by Gasteiger charge is -2.36. The average molecular weight is 442 g/mol. The lowest BCUT2D eigenvalue weighted by molar-refractivity contribution is -0.115. The second kappa shape index (κ2) is 9.31. The molecule has 4 heterocycles. The van der Waals surface area contributed by atoms with Gasteiger partial charge in [0, 0.05) is 52.0 Å². The lowest BCUT2D eigenvalue weighted by Crippen LogP contribution is -2.47. The van der Waals surface area contributed by atoms with Crippen LogP contribution in [-0.4, -0.2) is 77.6 Å². The highest BCUT2D eigenvalue weighted by atomic mass is 32.2. The Bertz CT molecular complexity index is 994. The Kier molecular flexibility index (Phi) is 6.33. The van der Waals surface area contributed by atoms with Crippen molar-refractivity contribution in [3.05, 3.63) is 41.2 Å². The standard InChI is InChI=1S/C20H23N7O3S/c1-25(9-10-28)17-12-14(11-16-18(29)24-20(30)31-16)22-19(23-17)27-7-5-26(6-8-27)15-3-2-4-21-13-15/h2-4,11-13,28H,5-10H2,1H3,(H,24,29,30)/b16-11+. The number of anilines is 3. The molecular weight excluding hydrogens is 418 g/mol. The molecule has 10 nitrogen and oxygen atoms in total. The maximum Gasteiger partial charge on any atom is 0.290 e. The van der Waals surface area contributed by atoms with Gasteiger partial charge in [0.25, 0.3) is 11.1 Å². The fraction of sp³-hybridized carbons (Fsp3) is 0.350. The predicted molar refractivity (Wildman–Crippen MR) is 120 cm³/mol. The molecule has 0 spiro atoms. The molecule has 0 saturated carbocycles. The van der Waals surface area contributed by atoms with Crippen LogP contribution in [0.15, 0.2) is 35.5 Å². The number of carbonyl (C=O) groups excluding carboxylic acids is 2. The molecule has 2 N–H and O–H groups in total. The summed E-state index contributed by atoms with van der Waals surface area (Å²) in [7, 11) is 1.83. The topological polar surface area (TPSA) is 115 Å². The summed E-state index contributed by atoms with van der Waals surface area (Å²) < 4.78 is 0. The van der Waals surface area contributed by atoms with Crippen molar-refractivity contribution >= 4 is 46.4 Å². The Morgan fingerprint density at radius 1 is 1.23 bits per heavy atom. The predicted octanol–water partition coefficient (Wildman–Crippen LogP) is 0.951. The van der Waals surface area contributed by atoms with Gasteiger partial charge in [0.05, 0.1) is 29.1 Å². The third-order valence-electron chi connectivity index (χ3n) is 5.04. The Labute approximate surface area is 184 Å². The van der Waals surface area contributed by atoms with Crippen molar-refractivity contribution < 1.29 is 14.7 Å². The minimum Gasteiger partial charge on any atom is -0.395 e. The van der Waals surface area contributed by atoms with E-state index in [0.717, 1.165) is 43.6 Å². The number of likely N-dealkylation sites (N-methyl/N-ethyl adjacent to an activating group) is 1. The fourth-order valence-corrected chi connectivity index (χ4v) is 4.04. The molecule has 2 aliphatic heterocycles. The number of rotatable bonds is 6. The van der Waals surface area contributed by atoms with Crippen LogP contribution in [0.3, 0.4) is 0 Å². The van der Waals surface area contributed by atoms with Gasteiger partial charge in [-0.3, -0.25) is 19.9 Å². The molecular formula is C20H23N7O3S. The second-order valence-electron chi connectivity index (χ2n) is 7.13. The summed E-state index contributed by atoms with van der Waals surface area (Å²) in [5, 5.41) is 11.2. The van der Waals surface area contributed by atoms with Gasteiger partial charge in [-0.15, -0.1) is 0 Å². The smallest absolute Gasteiger partial charge is 0.290 e. The number of thioether (sulfide) groups is 1. The van der Waals surface area contributed by atoms with E-state index >= 15 is 0 Å². The minimum absolute atomic E-state index is 0.0111. The van der Waals surface area contributed by atoms with Gasteiger partial charge in [-0.25, -0.2) is 4.98 Å². The van der Waals surface area contributed by atoms with E-state index in [4.69, 9.17) is 0 Å². The highest BCUT2D eigenvalue weighted by Gasteiger charge is 2.26. The van der Waals surface area contributed by atoms with Crippen molar-refractivity contribution in [3.8, 4) is 0 Å². The molecule has 31 heavy (non-hydrogen) atoms. The first kappa shape index (κ1) is 21.1. The summed E-state index contributed by atoms with van der Waals surface area (Å²) in [5.41, 5.74) is 1.62. The molecule has 0 unspecified atom stereocenters. The quantitative estimate of drug-likeness (QED) is 0.628. The van der Waals surface area contributed by atoms with Crippen LogP contribution < -0.4 is 20.0 Å². The number of hydrogen-bond acceptors (Lipinski definition) is 10. The third kappa shape index (κ3) is 4.94. The summed E-state index contributed by atoms with van der Waals surface area (Å²) in [6.45, 7) is 3.46. The van der Waals surface area contributed by atoms with Crippen molar-refractivity contribution in [2.24, 2.45) is 0 Å². The number of imide groups is 1. The van der Waals surface area contributed by atoms with E-state index < -0.39 is 11.1 Å². The molecule has 11 heteroatoms. The maximum atomic E-state index is 11.9. The van der Waals surface area contributed by atoms with Crippen molar-refractivity contribution in [1.82, 2.24) is 20.3 Å². The SMILES string of the molecule is CN(CCO)c1cc(/C=C2/SC(=O)NC2=O)nc(N2CCN(c3cccnc3)CC2)n1. The molecule has 2 saturated heterocycles. The van der Waals surface area contributed by atoms with Gasteiger partial charge >= 0.3 is 0 Å². The molecule has 2 amide bonds. The van der Waals surface area contributed by atoms with Crippen LogP contribution in [0.1, 0.15) is 5.69 Å². The van der Waals surface area contributed by atoms with Gasteiger partial charge < -0.3 is 19.8 Å². The third-order valence-corrected chi connectivity index (χ3v) is 5.85. The van der Waals surface area contributed by atoms with Crippen LogP contribution in [0.2, 0.25) is 0 Å². The van der Waals surface area contributed by atoms with Crippen molar-refractivity contribution in [2.45, 2.75) is 0 Å². The molecule has 2 aromatic rings. The summed E-state index contributed by atoms with van der Waals surface area (Å²) in [5.74, 6) is 0.760. The number of hydrogen-bond donors (Lipinski definition) is 2. The number of amides is 2. The molecule has 2 aromatic heterocycles. The van der Waals surface area contributed by atoms with E-state index in [9.17, 15) is 14.7 Å². The zero-order valence-electron chi connectivity index (χ0n) is 17.1. The highest BCUT2D eigenvalue weighted by Crippen LogP contribution is 2.27. The van der Waals surface area contributed by atoms with E-state index in [-0.39, 0.29) is 6.61 Å². The fourth-order valence-electron chi connectivity index (χ4n) is 3.38. The van der Waals surface area contributed by atoms with E-state index in [0.29, 0.717) is 28.9 Å². The number of nitrogens with one attached hydrogen (secondary N) is 1. The molecule has 4 rings (SSSR count). The zero-order chi connectivity index (χ0) is 21.8. The number of aliphatic hydroxyl groups excluding tert-OH is 1. The minimum atomic E-state index is -0.425. The van der Waals surface area contributed by atoms with Gasteiger partial charge in [0.15, 0.2) is 0 Å². The number of pyridine rings is 1. The molecule has 0 aromatic carbocycles. The summed E-state index contributed by atoms with van der Waals surface area (Å²) in [6, 6.07) is 5.71. The largest absolute Gasteiger partial charge is 0.395 e. The number of carbonyl (C=O) groups is 2. The summed E-state index contributed by atoms with van der Waals surface area (Å²) in [6.07, 6.45) is 5.21. The van der Waals surface area contributed by atoms with E-state index in [1.807, 2.05) is 30.3 Å². The zero-order valence-corrected chi connectivity index (χ0v) is 17.9. The second-order valence-corrected chi connectivity index (χ2v) is 8.15. The summed E-state index contributed by atoms with van der Waals surface area (Å²) >= 11 is 0.854. The normalized spacial score (nSPS) is 17.9. The number of aromatic nitrogens is 3. The first-order valence-electron chi connectivity index (χ1n) is 9.89. The number of nitrogens with zero attached hydrogens (tertiary/aromatic N) is 6. The van der Waals surface area contributed by atoms with Gasteiger partial charge in [-0.05, 0) is 30.0 Å². The van der Waals surface area contributed by atoms with Crippen LogP contribution in [0.25, 0.3) is 6.08 Å². The molecule has 2 fully saturated rings. The Balaban J connectivity index is 1.58. The Hall–Kier alpha value is -3.18. The molecule has 0 radical (unpaired) electrons. The van der Waals surface area contributed by atoms with Crippen LogP contribution in [0.4, 0.5) is 22.2 Å². The molecule has 2 aliphatic rings. The van der Waals surface area contributed by atoms with Crippen molar-refractivity contribution in [1.29, 1.82) is 0 Å². The van der Waals surface area contributed by atoms with Crippen LogP contribution in [0.5, 0.6) is 0 Å². The van der Waals surface area contributed by atoms with E-state index in [1.54, 1.807) is 18.3 Å². The Morgan fingerprint density at radius 2 is 2.00 bits per heavy atom. The molecule has 0 bridgehead atoms. The lowest BCUT2D eigenvalue weighted by atomic mass is 10.2. The van der Waals surface area contributed by atoms with Gasteiger partial charge in [0.2, 0.25) is 5.95 Å². The van der Waals surface area contributed by atoms with Crippen molar-refractivity contribution in [2.75, 3.05) is 61.1 Å². The molecule has 162 valence electrons. The first-order valence-corrected chi connectivity index (χ1v) is 10.7. The average Bonchev–Trinajstić information content (AvgIpc) is 3.11. The highest BCUT2D eigenvalue weighted by molar-refractivity contribution is 8.18. The molecule has 0 atom stereocenters. The monoisotopic (exact) mass is 441 g/mol. The number of piperazine rings is 1. The number of aliphatic hydroxyl groups is 1. The van der Waals surface area contributed by atoms with Crippen LogP contribution >= 0.6 is 11.8 Å². The first-order chi connectivity index (χ1) is 15.0. The van der Waals surface area contributed by atoms with Gasteiger partial charge in [-0.1, -0.05) is 0 Å². The summed E-state index contributed by atoms with van der Waals surface area (Å²) in [4.78, 5) is 43.4. The molecule has 0 aliphatic carbocycles. The van der Waals surface area contributed by atoms with Crippen molar-refractivity contribution in [3.63, 3.8) is 0 Å².